The second-order valence-electron chi connectivity index (χ2n) is 4.77. The van der Waals surface area contributed by atoms with Crippen molar-refractivity contribution in [2.24, 2.45) is 0 Å². The van der Waals surface area contributed by atoms with Crippen LogP contribution in [0.25, 0.3) is 0 Å². The number of nitrogens with one attached hydrogen (secondary N) is 1. The number of piperazine rings is 1. The summed E-state index contributed by atoms with van der Waals surface area (Å²) in [6.07, 6.45) is 0. The Bertz CT molecular complexity index is 450. The smallest absolute Gasteiger partial charge is 0.254 e. The zero-order chi connectivity index (χ0) is 13.3. The van der Waals surface area contributed by atoms with Crippen molar-refractivity contribution in [2.45, 2.75) is 25.9 Å². The summed E-state index contributed by atoms with van der Waals surface area (Å²) >= 11 is 0. The summed E-state index contributed by atoms with van der Waals surface area (Å²) in [5, 5.41) is 3.25. The van der Waals surface area contributed by atoms with Crippen LogP contribution in [-0.2, 0) is 0 Å². The lowest BCUT2D eigenvalue weighted by atomic mass is 10.1. The lowest BCUT2D eigenvalue weighted by Gasteiger charge is -2.37. The third-order valence-electron chi connectivity index (χ3n) is 3.13. The largest absolute Gasteiger partial charge is 0.333 e. The number of amides is 1. The number of hydrogen-bond donors (Lipinski definition) is 1. The summed E-state index contributed by atoms with van der Waals surface area (Å²) in [4.78, 5) is 13.9. The molecule has 106 valence electrons. The fourth-order valence-corrected chi connectivity index (χ4v) is 2.15. The van der Waals surface area contributed by atoms with Crippen molar-refractivity contribution in [3.63, 3.8) is 0 Å². The number of benzene rings is 1. The van der Waals surface area contributed by atoms with E-state index in [1.807, 2.05) is 13.8 Å². The third-order valence-corrected chi connectivity index (χ3v) is 3.13. The van der Waals surface area contributed by atoms with Gasteiger partial charge in [-0.05, 0) is 26.0 Å². The van der Waals surface area contributed by atoms with Crippen LogP contribution in [0.2, 0.25) is 0 Å². The van der Waals surface area contributed by atoms with E-state index in [1.54, 1.807) is 4.90 Å². The Morgan fingerprint density at radius 1 is 1.26 bits per heavy atom. The molecule has 0 aromatic heterocycles. The molecule has 1 fully saturated rings. The van der Waals surface area contributed by atoms with E-state index in [4.69, 9.17) is 0 Å². The number of carbonyl (C=O) groups excluding carboxylic acids is 1. The summed E-state index contributed by atoms with van der Waals surface area (Å²) < 4.78 is 26.2. The van der Waals surface area contributed by atoms with E-state index in [9.17, 15) is 13.6 Å². The standard InChI is InChI=1S/C13H16F2N2O.ClH/c1-8-7-17(9(2)6-16-8)13(18)10-3-11(14)5-12(15)4-10;/h3-5,8-9,16H,6-7H2,1-2H3;1H. The summed E-state index contributed by atoms with van der Waals surface area (Å²) in [5.41, 5.74) is 0.0634. The molecule has 0 radical (unpaired) electrons. The summed E-state index contributed by atoms with van der Waals surface area (Å²) in [5.74, 6) is -1.78. The molecule has 6 heteroatoms. The molecule has 1 aromatic carbocycles. The van der Waals surface area contributed by atoms with Crippen molar-refractivity contribution in [1.82, 2.24) is 10.2 Å². The van der Waals surface area contributed by atoms with E-state index in [-0.39, 0.29) is 36.0 Å². The number of nitrogens with zero attached hydrogens (tertiary/aromatic N) is 1. The Labute approximate surface area is 117 Å². The first-order valence-electron chi connectivity index (χ1n) is 5.98. The Hall–Kier alpha value is -1.20. The Balaban J connectivity index is 0.00000180. The molecule has 0 aliphatic carbocycles. The van der Waals surface area contributed by atoms with Gasteiger partial charge < -0.3 is 10.2 Å². The first-order chi connectivity index (χ1) is 8.47. The van der Waals surface area contributed by atoms with Crippen molar-refractivity contribution in [1.29, 1.82) is 0 Å². The van der Waals surface area contributed by atoms with Crippen molar-refractivity contribution in [3.05, 3.63) is 35.4 Å². The van der Waals surface area contributed by atoms with Gasteiger partial charge in [0.15, 0.2) is 0 Å². The third kappa shape index (κ3) is 3.64. The van der Waals surface area contributed by atoms with Gasteiger partial charge >= 0.3 is 0 Å². The summed E-state index contributed by atoms with van der Waals surface area (Å²) in [6, 6.07) is 3.11. The van der Waals surface area contributed by atoms with Gasteiger partial charge in [0.1, 0.15) is 11.6 Å². The molecule has 1 N–H and O–H groups in total. The topological polar surface area (TPSA) is 32.3 Å². The van der Waals surface area contributed by atoms with Crippen LogP contribution in [0.5, 0.6) is 0 Å². The zero-order valence-corrected chi connectivity index (χ0v) is 11.6. The van der Waals surface area contributed by atoms with Crippen molar-refractivity contribution in [2.75, 3.05) is 13.1 Å². The second-order valence-corrected chi connectivity index (χ2v) is 4.77. The monoisotopic (exact) mass is 290 g/mol. The highest BCUT2D eigenvalue weighted by Crippen LogP contribution is 2.15. The minimum absolute atomic E-state index is 0. The quantitative estimate of drug-likeness (QED) is 0.860. The molecule has 2 rings (SSSR count). The number of rotatable bonds is 1. The molecule has 1 aliphatic rings. The van der Waals surface area contributed by atoms with E-state index in [0.717, 1.165) is 18.2 Å². The van der Waals surface area contributed by atoms with Crippen LogP contribution in [0, 0.1) is 11.6 Å². The predicted octanol–water partition coefficient (Wildman–Crippen LogP) is 2.21. The van der Waals surface area contributed by atoms with E-state index >= 15 is 0 Å². The molecule has 1 heterocycles. The average Bonchev–Trinajstić information content (AvgIpc) is 2.30. The van der Waals surface area contributed by atoms with Crippen LogP contribution in [-0.4, -0.2) is 36.0 Å². The van der Waals surface area contributed by atoms with Gasteiger partial charge in [-0.3, -0.25) is 4.79 Å². The summed E-state index contributed by atoms with van der Waals surface area (Å²) in [6.45, 7) is 5.10. The molecule has 1 amide bonds. The summed E-state index contributed by atoms with van der Waals surface area (Å²) in [7, 11) is 0. The van der Waals surface area contributed by atoms with Crippen LogP contribution >= 0.6 is 12.4 Å². The molecule has 2 unspecified atom stereocenters. The van der Waals surface area contributed by atoms with Gasteiger partial charge in [-0.1, -0.05) is 0 Å². The molecule has 0 saturated carbocycles. The van der Waals surface area contributed by atoms with Crippen molar-refractivity contribution >= 4 is 18.3 Å². The first kappa shape index (κ1) is 15.9. The number of halogens is 3. The molecule has 0 bridgehead atoms. The number of carbonyl (C=O) groups is 1. The van der Waals surface area contributed by atoms with Gasteiger partial charge in [0, 0.05) is 36.8 Å². The lowest BCUT2D eigenvalue weighted by Crippen LogP contribution is -2.56. The highest BCUT2D eigenvalue weighted by atomic mass is 35.5. The maximum atomic E-state index is 13.1. The van der Waals surface area contributed by atoms with Crippen LogP contribution in [0.1, 0.15) is 24.2 Å². The fraction of sp³-hybridized carbons (Fsp3) is 0.462. The molecule has 1 saturated heterocycles. The second kappa shape index (κ2) is 6.30. The van der Waals surface area contributed by atoms with Crippen LogP contribution in [0.4, 0.5) is 8.78 Å². The molecule has 19 heavy (non-hydrogen) atoms. The molecule has 2 atom stereocenters. The van der Waals surface area contributed by atoms with Gasteiger partial charge in [0.2, 0.25) is 0 Å². The maximum absolute atomic E-state index is 13.1. The fourth-order valence-electron chi connectivity index (χ4n) is 2.15. The average molecular weight is 291 g/mol. The molecule has 0 spiro atoms. The van der Waals surface area contributed by atoms with Gasteiger partial charge in [-0.15, -0.1) is 12.4 Å². The molecule has 1 aromatic rings. The first-order valence-corrected chi connectivity index (χ1v) is 5.98. The Morgan fingerprint density at radius 2 is 1.84 bits per heavy atom. The lowest BCUT2D eigenvalue weighted by molar-refractivity contribution is 0.0615. The van der Waals surface area contributed by atoms with Gasteiger partial charge in [0.05, 0.1) is 0 Å². The highest BCUT2D eigenvalue weighted by Gasteiger charge is 2.27. The van der Waals surface area contributed by atoms with Gasteiger partial charge in [-0.2, -0.15) is 0 Å². The van der Waals surface area contributed by atoms with E-state index in [1.165, 1.54) is 0 Å². The minimum Gasteiger partial charge on any atom is -0.333 e. The maximum Gasteiger partial charge on any atom is 0.254 e. The molecule has 3 nitrogen and oxygen atoms in total. The van der Waals surface area contributed by atoms with E-state index in [2.05, 4.69) is 5.32 Å². The van der Waals surface area contributed by atoms with Crippen LogP contribution in [0.3, 0.4) is 0 Å². The Kier molecular flexibility index (Phi) is 5.26. The van der Waals surface area contributed by atoms with Crippen molar-refractivity contribution in [3.8, 4) is 0 Å². The van der Waals surface area contributed by atoms with Crippen LogP contribution < -0.4 is 5.32 Å². The van der Waals surface area contributed by atoms with Crippen molar-refractivity contribution < 1.29 is 13.6 Å². The molecule has 1 aliphatic heterocycles. The predicted molar refractivity (Wildman–Crippen MR) is 71.6 cm³/mol. The van der Waals surface area contributed by atoms with Gasteiger partial charge in [0.25, 0.3) is 5.91 Å². The van der Waals surface area contributed by atoms with Gasteiger partial charge in [-0.25, -0.2) is 8.78 Å². The van der Waals surface area contributed by atoms with E-state index in [0.29, 0.717) is 13.1 Å². The normalized spacial score (nSPS) is 22.8. The Morgan fingerprint density at radius 3 is 2.42 bits per heavy atom. The molecular weight excluding hydrogens is 274 g/mol. The van der Waals surface area contributed by atoms with Crippen LogP contribution in [0.15, 0.2) is 18.2 Å². The highest BCUT2D eigenvalue weighted by molar-refractivity contribution is 5.94. The SMILES string of the molecule is CC1CN(C(=O)c2cc(F)cc(F)c2)C(C)CN1.Cl. The van der Waals surface area contributed by atoms with E-state index < -0.39 is 11.6 Å². The number of hydrogen-bond acceptors (Lipinski definition) is 2. The zero-order valence-electron chi connectivity index (χ0n) is 10.8. The molecular formula is C13H17ClF2N2O. The minimum atomic E-state index is -0.728.